The van der Waals surface area contributed by atoms with E-state index >= 15 is 0 Å². The SMILES string of the molecule is COC(=O)N[C@@H](Cc1cn(Cc2ccccc2)cn1)C(=O)N1CCC[C@H]1c1ncc(-c2ccc(-c3ccc(-c4cnc([C@@H]5CCCN5C(=O)[C@H](Cc5cn(Cc6ccccc6)cn5)OC(N)=O)[nH]4)cc3)cc2)[nH]1. The molecule has 6 heterocycles. The normalized spacial score (nSPS) is 16.3. The molecule has 2 fully saturated rings. The van der Waals surface area contributed by atoms with Gasteiger partial charge in [0.1, 0.15) is 17.7 Å². The molecule has 2 aliphatic heterocycles. The molecule has 5 N–H and O–H groups in total. The average molecular weight is 981 g/mol. The van der Waals surface area contributed by atoms with Crippen molar-refractivity contribution in [1.82, 2.24) is 54.2 Å². The number of likely N-dealkylation sites (tertiary alicyclic amines) is 2. The Hall–Kier alpha value is -8.80. The molecule has 4 amide bonds. The lowest BCUT2D eigenvalue weighted by molar-refractivity contribution is -0.141. The summed E-state index contributed by atoms with van der Waals surface area (Å²) >= 11 is 0. The number of ether oxygens (including phenoxy) is 2. The molecule has 0 saturated carbocycles. The number of alkyl carbamates (subject to hydrolysis) is 1. The number of aromatic amines is 2. The Kier molecular flexibility index (Phi) is 14.2. The lowest BCUT2D eigenvalue weighted by atomic mass is 10.0. The second kappa shape index (κ2) is 21.7. The van der Waals surface area contributed by atoms with Crippen LogP contribution in [0.1, 0.15) is 71.9 Å². The minimum atomic E-state index is -1.14. The van der Waals surface area contributed by atoms with Gasteiger partial charge in [-0.1, -0.05) is 109 Å². The molecule has 2 aliphatic rings. The van der Waals surface area contributed by atoms with E-state index in [4.69, 9.17) is 25.2 Å². The van der Waals surface area contributed by atoms with Crippen LogP contribution < -0.4 is 11.1 Å². The highest BCUT2D eigenvalue weighted by Crippen LogP contribution is 2.35. The number of benzene rings is 4. The maximum atomic E-state index is 14.2. The summed E-state index contributed by atoms with van der Waals surface area (Å²) in [7, 11) is 1.28. The number of primary amides is 1. The van der Waals surface area contributed by atoms with Gasteiger partial charge >= 0.3 is 12.2 Å². The number of imidazole rings is 4. The highest BCUT2D eigenvalue weighted by molar-refractivity contribution is 5.87. The van der Waals surface area contributed by atoms with E-state index in [1.807, 2.05) is 106 Å². The van der Waals surface area contributed by atoms with E-state index in [0.29, 0.717) is 55.6 Å². The zero-order valence-electron chi connectivity index (χ0n) is 40.3. The van der Waals surface area contributed by atoms with Crippen LogP contribution in [0.4, 0.5) is 9.59 Å². The number of nitrogens with zero attached hydrogens (tertiary/aromatic N) is 8. The van der Waals surface area contributed by atoms with E-state index in [1.54, 1.807) is 34.8 Å². The Labute approximate surface area is 421 Å². The number of hydrogen-bond acceptors (Lipinski definition) is 10. The highest BCUT2D eigenvalue weighted by atomic mass is 16.6. The van der Waals surface area contributed by atoms with Crippen LogP contribution in [0.25, 0.3) is 33.6 Å². The molecule has 4 aromatic carbocycles. The second-order valence-electron chi connectivity index (χ2n) is 18.5. The second-order valence-corrected chi connectivity index (χ2v) is 18.5. The summed E-state index contributed by atoms with van der Waals surface area (Å²) in [6, 6.07) is 34.9. The molecular weight excluding hydrogens is 925 g/mol. The fourth-order valence-corrected chi connectivity index (χ4v) is 9.91. The molecule has 0 bridgehead atoms. The van der Waals surface area contributed by atoms with Gasteiger partial charge in [0.2, 0.25) is 5.91 Å². The van der Waals surface area contributed by atoms with Crippen LogP contribution in [0.15, 0.2) is 147 Å². The summed E-state index contributed by atoms with van der Waals surface area (Å²) in [4.78, 5) is 81.6. The lowest BCUT2D eigenvalue weighted by Crippen LogP contribution is -2.49. The van der Waals surface area contributed by atoms with E-state index in [2.05, 4.69) is 49.5 Å². The number of carbonyl (C=O) groups excluding carboxylic acids is 4. The zero-order valence-corrected chi connectivity index (χ0v) is 40.3. The molecule has 10 rings (SSSR count). The van der Waals surface area contributed by atoms with Crippen LogP contribution in [0.3, 0.4) is 0 Å². The predicted octanol–water partition coefficient (Wildman–Crippen LogP) is 7.62. The first kappa shape index (κ1) is 47.9. The third-order valence-electron chi connectivity index (χ3n) is 13.5. The summed E-state index contributed by atoms with van der Waals surface area (Å²) in [5, 5.41) is 2.75. The Balaban J connectivity index is 0.765. The predicted molar refractivity (Wildman–Crippen MR) is 271 cm³/mol. The Morgan fingerprint density at radius 3 is 1.58 bits per heavy atom. The van der Waals surface area contributed by atoms with Crippen molar-refractivity contribution in [2.75, 3.05) is 20.2 Å². The molecule has 73 heavy (non-hydrogen) atoms. The summed E-state index contributed by atoms with van der Waals surface area (Å²) in [5.74, 6) is 0.762. The molecule has 18 heteroatoms. The topological polar surface area (TPSA) is 224 Å². The van der Waals surface area contributed by atoms with Crippen LogP contribution in [0.2, 0.25) is 0 Å². The van der Waals surface area contributed by atoms with Crippen molar-refractivity contribution in [2.45, 2.75) is 75.8 Å². The van der Waals surface area contributed by atoms with E-state index < -0.39 is 24.3 Å². The molecule has 0 spiro atoms. The molecule has 2 saturated heterocycles. The van der Waals surface area contributed by atoms with Gasteiger partial charge in [-0.25, -0.2) is 29.5 Å². The summed E-state index contributed by atoms with van der Waals surface area (Å²) in [5.41, 5.74) is 14.5. The number of H-pyrrole nitrogens is 2. The van der Waals surface area contributed by atoms with Gasteiger partial charge < -0.3 is 49.4 Å². The maximum Gasteiger partial charge on any atom is 0.407 e. The van der Waals surface area contributed by atoms with Gasteiger partial charge in [-0.15, -0.1) is 0 Å². The minimum Gasteiger partial charge on any atom is -0.453 e. The molecule has 4 aromatic heterocycles. The fourth-order valence-electron chi connectivity index (χ4n) is 9.91. The van der Waals surface area contributed by atoms with Gasteiger partial charge in [0.05, 0.1) is 67.0 Å². The molecule has 0 radical (unpaired) electrons. The maximum absolute atomic E-state index is 14.2. The number of nitrogens with two attached hydrogens (primary N) is 1. The highest BCUT2D eigenvalue weighted by Gasteiger charge is 2.39. The number of hydrogen-bond donors (Lipinski definition) is 4. The van der Waals surface area contributed by atoms with E-state index in [-0.39, 0.29) is 36.7 Å². The number of nitrogens with one attached hydrogen (secondary N) is 3. The van der Waals surface area contributed by atoms with Gasteiger partial charge in [0, 0.05) is 51.4 Å². The molecule has 8 aromatic rings. The number of aromatic nitrogens is 8. The smallest absolute Gasteiger partial charge is 0.407 e. The van der Waals surface area contributed by atoms with Crippen LogP contribution in [0, 0.1) is 0 Å². The van der Waals surface area contributed by atoms with Gasteiger partial charge in [-0.05, 0) is 59.1 Å². The monoisotopic (exact) mass is 980 g/mol. The van der Waals surface area contributed by atoms with Gasteiger partial charge in [0.15, 0.2) is 6.10 Å². The van der Waals surface area contributed by atoms with Crippen LogP contribution >= 0.6 is 0 Å². The number of rotatable bonds is 17. The molecule has 4 atom stereocenters. The summed E-state index contributed by atoms with van der Waals surface area (Å²) in [6.07, 6.45) is 11.2. The zero-order chi connectivity index (χ0) is 50.3. The van der Waals surface area contributed by atoms with Crippen molar-refractivity contribution < 1.29 is 28.7 Å². The van der Waals surface area contributed by atoms with Crippen molar-refractivity contribution in [2.24, 2.45) is 5.73 Å². The Morgan fingerprint density at radius 2 is 1.10 bits per heavy atom. The van der Waals surface area contributed by atoms with Crippen molar-refractivity contribution in [3.05, 3.63) is 181 Å². The van der Waals surface area contributed by atoms with Crippen LogP contribution in [0.5, 0.6) is 0 Å². The van der Waals surface area contributed by atoms with Gasteiger partial charge in [0.25, 0.3) is 5.91 Å². The van der Waals surface area contributed by atoms with E-state index in [1.165, 1.54) is 7.11 Å². The first-order valence-corrected chi connectivity index (χ1v) is 24.5. The third kappa shape index (κ3) is 11.2. The van der Waals surface area contributed by atoms with Crippen LogP contribution in [-0.4, -0.2) is 105 Å². The van der Waals surface area contributed by atoms with E-state index in [0.717, 1.165) is 64.0 Å². The summed E-state index contributed by atoms with van der Waals surface area (Å²) in [6.45, 7) is 2.26. The Morgan fingerprint density at radius 1 is 0.630 bits per heavy atom. The number of methoxy groups -OCH3 is 1. The van der Waals surface area contributed by atoms with Crippen molar-refractivity contribution in [3.63, 3.8) is 0 Å². The lowest BCUT2D eigenvalue weighted by Gasteiger charge is -2.28. The first-order valence-electron chi connectivity index (χ1n) is 24.5. The molecule has 0 aliphatic carbocycles. The average Bonchev–Trinajstić information content (AvgIpc) is 4.28. The van der Waals surface area contributed by atoms with Crippen molar-refractivity contribution >= 4 is 24.0 Å². The molecule has 372 valence electrons. The van der Waals surface area contributed by atoms with Gasteiger partial charge in [-0.2, -0.15) is 0 Å². The molecular formula is C55H56N12O6. The minimum absolute atomic E-state index is 0.0880. The van der Waals surface area contributed by atoms with Crippen LogP contribution in [-0.2, 0) is 45.0 Å². The van der Waals surface area contributed by atoms with Crippen molar-refractivity contribution in [1.29, 1.82) is 0 Å². The Bertz CT molecular complexity index is 3170. The van der Waals surface area contributed by atoms with Crippen molar-refractivity contribution in [3.8, 4) is 33.6 Å². The summed E-state index contributed by atoms with van der Waals surface area (Å²) < 4.78 is 14.2. The largest absolute Gasteiger partial charge is 0.453 e. The molecule has 0 unspecified atom stereocenters. The first-order chi connectivity index (χ1) is 35.6. The third-order valence-corrected chi connectivity index (χ3v) is 13.5. The number of amides is 4. The van der Waals surface area contributed by atoms with E-state index in [9.17, 15) is 19.2 Å². The quantitative estimate of drug-likeness (QED) is 0.0698. The standard InChI is InChI=1S/C55H56N12O6/c1-72-55(71)63-44(26-42-32-64(34-59-42)30-36-10-4-2-5-11-36)52(68)66-24-8-14-47(66)50-57-28-45(61-50)40-20-16-38(17-21-40)39-18-22-41(23-19-39)46-29-58-51(62-46)48-15-9-25-67(48)53(69)49(73-54(56)70)27-43-33-65(35-60-43)31-37-12-6-3-7-13-37/h2-7,10-13,16-23,28-29,32-35,44,47-49H,8-9,14-15,24-27,30-31H2,1H3,(H2,56,70)(H,57,61)(H,58,62)(H,63,71)/t44-,47-,48-,49-/m0/s1. The molecule has 18 nitrogen and oxygen atoms in total. The fraction of sp³-hybridized carbons (Fsp3) is 0.273. The number of carbonyl (C=O) groups is 4. The van der Waals surface area contributed by atoms with Gasteiger partial charge in [-0.3, -0.25) is 9.59 Å².